The summed E-state index contributed by atoms with van der Waals surface area (Å²) in [4.78, 5) is 13.6. The van der Waals surface area contributed by atoms with Crippen LogP contribution < -0.4 is 4.90 Å². The van der Waals surface area contributed by atoms with Crippen molar-refractivity contribution in [1.82, 2.24) is 0 Å². The molecule has 2 aromatic carbocycles. The van der Waals surface area contributed by atoms with Crippen LogP contribution in [0.1, 0.15) is 22.6 Å². The van der Waals surface area contributed by atoms with Gasteiger partial charge in [-0.15, -0.1) is 0 Å². The maximum absolute atomic E-state index is 11.6. The van der Waals surface area contributed by atoms with E-state index in [1.807, 2.05) is 49.3 Å². The van der Waals surface area contributed by atoms with Crippen LogP contribution in [0.4, 0.5) is 5.69 Å². The van der Waals surface area contributed by atoms with Crippen LogP contribution >= 0.6 is 0 Å². The average molecular weight is 294 g/mol. The summed E-state index contributed by atoms with van der Waals surface area (Å²) in [7, 11) is 3.88. The molecule has 0 spiro atoms. The van der Waals surface area contributed by atoms with E-state index in [-0.39, 0.29) is 0 Å². The van der Waals surface area contributed by atoms with Crippen molar-refractivity contribution in [2.75, 3.05) is 19.0 Å². The van der Waals surface area contributed by atoms with Crippen LogP contribution in [0.2, 0.25) is 0 Å². The third kappa shape index (κ3) is 3.64. The molecule has 0 aromatic heterocycles. The predicted molar refractivity (Wildman–Crippen MR) is 86.0 cm³/mol. The Kier molecular flexibility index (Phi) is 4.80. The standard InChI is InChI=1S/C18H18N2O2/c1-20(2)16-8-6-15(7-9-16)17(18(21)22)11-13-4-3-5-14(10-13)12-19/h3-10,17H,11H2,1-2H3,(H,21,22). The topological polar surface area (TPSA) is 64.3 Å². The molecule has 0 saturated heterocycles. The van der Waals surface area contributed by atoms with E-state index in [1.165, 1.54) is 0 Å². The molecule has 0 fully saturated rings. The largest absolute Gasteiger partial charge is 0.481 e. The highest BCUT2D eigenvalue weighted by Gasteiger charge is 2.20. The van der Waals surface area contributed by atoms with Gasteiger partial charge in [-0.2, -0.15) is 5.26 Å². The molecule has 0 amide bonds. The number of benzene rings is 2. The Morgan fingerprint density at radius 1 is 1.23 bits per heavy atom. The molecular weight excluding hydrogens is 276 g/mol. The number of nitrogens with zero attached hydrogens (tertiary/aromatic N) is 2. The van der Waals surface area contributed by atoms with Crippen molar-refractivity contribution in [3.63, 3.8) is 0 Å². The number of carboxylic acids is 1. The number of hydrogen-bond donors (Lipinski definition) is 1. The molecule has 22 heavy (non-hydrogen) atoms. The second-order valence-corrected chi connectivity index (χ2v) is 5.39. The maximum Gasteiger partial charge on any atom is 0.311 e. The van der Waals surface area contributed by atoms with E-state index in [2.05, 4.69) is 6.07 Å². The molecular formula is C18H18N2O2. The van der Waals surface area contributed by atoms with E-state index in [9.17, 15) is 9.90 Å². The average Bonchev–Trinajstić information content (AvgIpc) is 2.52. The van der Waals surface area contributed by atoms with E-state index >= 15 is 0 Å². The molecule has 0 aliphatic carbocycles. The van der Waals surface area contributed by atoms with Crippen LogP contribution in [-0.2, 0) is 11.2 Å². The second-order valence-electron chi connectivity index (χ2n) is 5.39. The van der Waals surface area contributed by atoms with Gasteiger partial charge in [0.15, 0.2) is 0 Å². The molecule has 0 saturated carbocycles. The van der Waals surface area contributed by atoms with Gasteiger partial charge in [-0.1, -0.05) is 24.3 Å². The van der Waals surface area contributed by atoms with Crippen LogP contribution in [0.3, 0.4) is 0 Å². The Hall–Kier alpha value is -2.80. The number of aliphatic carboxylic acids is 1. The van der Waals surface area contributed by atoms with E-state index < -0.39 is 11.9 Å². The molecule has 2 aromatic rings. The highest BCUT2D eigenvalue weighted by Crippen LogP contribution is 2.24. The Balaban J connectivity index is 2.26. The zero-order chi connectivity index (χ0) is 16.1. The van der Waals surface area contributed by atoms with Crippen molar-refractivity contribution < 1.29 is 9.90 Å². The fourth-order valence-electron chi connectivity index (χ4n) is 2.36. The fraction of sp³-hybridized carbons (Fsp3) is 0.222. The molecule has 2 rings (SSSR count). The molecule has 4 nitrogen and oxygen atoms in total. The summed E-state index contributed by atoms with van der Waals surface area (Å²) < 4.78 is 0. The number of nitriles is 1. The van der Waals surface area contributed by atoms with E-state index in [0.717, 1.165) is 16.8 Å². The first-order valence-electron chi connectivity index (χ1n) is 7.00. The first-order valence-corrected chi connectivity index (χ1v) is 7.00. The van der Waals surface area contributed by atoms with Crippen molar-refractivity contribution in [2.45, 2.75) is 12.3 Å². The highest BCUT2D eigenvalue weighted by molar-refractivity contribution is 5.76. The predicted octanol–water partition coefficient (Wildman–Crippen LogP) is 3.04. The lowest BCUT2D eigenvalue weighted by molar-refractivity contribution is -0.138. The minimum atomic E-state index is -0.861. The lowest BCUT2D eigenvalue weighted by Gasteiger charge is -2.16. The molecule has 1 atom stereocenters. The van der Waals surface area contributed by atoms with E-state index in [1.54, 1.807) is 18.2 Å². The van der Waals surface area contributed by atoms with Gasteiger partial charge in [-0.05, 0) is 41.8 Å². The van der Waals surface area contributed by atoms with Gasteiger partial charge in [0.2, 0.25) is 0 Å². The van der Waals surface area contributed by atoms with Gasteiger partial charge in [-0.3, -0.25) is 4.79 Å². The van der Waals surface area contributed by atoms with Gasteiger partial charge in [0.05, 0.1) is 17.6 Å². The first-order chi connectivity index (χ1) is 10.5. The SMILES string of the molecule is CN(C)c1ccc(C(Cc2cccc(C#N)c2)C(=O)O)cc1. The van der Waals surface area contributed by atoms with Crippen molar-refractivity contribution in [3.8, 4) is 6.07 Å². The van der Waals surface area contributed by atoms with Crippen molar-refractivity contribution in [2.24, 2.45) is 0 Å². The van der Waals surface area contributed by atoms with Gasteiger partial charge in [-0.25, -0.2) is 0 Å². The highest BCUT2D eigenvalue weighted by atomic mass is 16.4. The van der Waals surface area contributed by atoms with Gasteiger partial charge >= 0.3 is 5.97 Å². The van der Waals surface area contributed by atoms with Crippen molar-refractivity contribution in [1.29, 1.82) is 5.26 Å². The number of carboxylic acid groups (broad SMARTS) is 1. The Morgan fingerprint density at radius 2 is 1.91 bits per heavy atom. The molecule has 0 radical (unpaired) electrons. The second kappa shape index (κ2) is 6.77. The quantitative estimate of drug-likeness (QED) is 0.920. The molecule has 1 N–H and O–H groups in total. The van der Waals surface area contributed by atoms with Crippen LogP contribution in [0.5, 0.6) is 0 Å². The third-order valence-electron chi connectivity index (χ3n) is 3.61. The molecule has 0 aliphatic rings. The first kappa shape index (κ1) is 15.6. The zero-order valence-electron chi connectivity index (χ0n) is 12.7. The van der Waals surface area contributed by atoms with Gasteiger partial charge in [0.25, 0.3) is 0 Å². The summed E-state index contributed by atoms with van der Waals surface area (Å²) in [5, 5.41) is 18.5. The van der Waals surface area contributed by atoms with Crippen LogP contribution in [-0.4, -0.2) is 25.2 Å². The lowest BCUT2D eigenvalue weighted by atomic mass is 9.91. The summed E-state index contributed by atoms with van der Waals surface area (Å²) >= 11 is 0. The normalized spacial score (nSPS) is 11.5. The van der Waals surface area contributed by atoms with Gasteiger partial charge < -0.3 is 10.0 Å². The summed E-state index contributed by atoms with van der Waals surface area (Å²) in [5.41, 5.74) is 3.19. The van der Waals surface area contributed by atoms with E-state index in [4.69, 9.17) is 5.26 Å². The molecule has 0 aliphatic heterocycles. The molecule has 1 unspecified atom stereocenters. The van der Waals surface area contributed by atoms with E-state index in [0.29, 0.717) is 12.0 Å². The Labute approximate surface area is 130 Å². The summed E-state index contributed by atoms with van der Waals surface area (Å²) in [6.07, 6.45) is 0.367. The van der Waals surface area contributed by atoms with Crippen LogP contribution in [0.25, 0.3) is 0 Å². The van der Waals surface area contributed by atoms with Crippen molar-refractivity contribution >= 4 is 11.7 Å². The number of carbonyl (C=O) groups is 1. The number of anilines is 1. The summed E-state index contributed by atoms with van der Waals surface area (Å²) in [6, 6.07) is 16.7. The summed E-state index contributed by atoms with van der Waals surface area (Å²) in [6.45, 7) is 0. The lowest BCUT2D eigenvalue weighted by Crippen LogP contribution is -2.15. The van der Waals surface area contributed by atoms with Gasteiger partial charge in [0.1, 0.15) is 0 Å². The zero-order valence-corrected chi connectivity index (χ0v) is 12.7. The maximum atomic E-state index is 11.6. The van der Waals surface area contributed by atoms with Crippen LogP contribution in [0, 0.1) is 11.3 Å². The number of hydrogen-bond acceptors (Lipinski definition) is 3. The Morgan fingerprint density at radius 3 is 2.45 bits per heavy atom. The fourth-order valence-corrected chi connectivity index (χ4v) is 2.36. The molecule has 0 heterocycles. The monoisotopic (exact) mass is 294 g/mol. The minimum Gasteiger partial charge on any atom is -0.481 e. The van der Waals surface area contributed by atoms with Gasteiger partial charge in [0, 0.05) is 19.8 Å². The van der Waals surface area contributed by atoms with Crippen molar-refractivity contribution in [3.05, 3.63) is 65.2 Å². The minimum absolute atomic E-state index is 0.367. The third-order valence-corrected chi connectivity index (χ3v) is 3.61. The summed E-state index contributed by atoms with van der Waals surface area (Å²) in [5.74, 6) is -1.48. The Bertz CT molecular complexity index is 700. The molecule has 0 bridgehead atoms. The molecule has 4 heteroatoms. The number of rotatable bonds is 5. The smallest absolute Gasteiger partial charge is 0.311 e. The molecule has 112 valence electrons. The van der Waals surface area contributed by atoms with Crippen LogP contribution in [0.15, 0.2) is 48.5 Å².